The lowest BCUT2D eigenvalue weighted by atomic mass is 10.3. The van der Waals surface area contributed by atoms with E-state index < -0.39 is 0 Å². The van der Waals surface area contributed by atoms with Gasteiger partial charge in [-0.25, -0.2) is 0 Å². The smallest absolute Gasteiger partial charge is 0.293 e. The Labute approximate surface area is 75.1 Å². The van der Waals surface area contributed by atoms with Crippen molar-refractivity contribution in [3.8, 4) is 5.19 Å². The van der Waals surface area contributed by atoms with Crippen LogP contribution in [0.15, 0.2) is 0 Å². The van der Waals surface area contributed by atoms with Gasteiger partial charge in [0.15, 0.2) is 0 Å². The zero-order valence-electron chi connectivity index (χ0n) is 6.91. The molecule has 0 saturated carbocycles. The summed E-state index contributed by atoms with van der Waals surface area (Å²) in [7, 11) is 0. The molecule has 1 saturated heterocycles. The maximum absolute atomic E-state index is 5.58. The van der Waals surface area contributed by atoms with Crippen molar-refractivity contribution in [2.75, 3.05) is 13.1 Å². The van der Waals surface area contributed by atoms with Crippen molar-refractivity contribution >= 4 is 11.5 Å². The number of aromatic nitrogens is 2. The van der Waals surface area contributed by atoms with Crippen molar-refractivity contribution < 1.29 is 4.74 Å². The summed E-state index contributed by atoms with van der Waals surface area (Å²) in [5.74, 6) is 0.793. The average Bonchev–Trinajstić information content (AvgIpc) is 2.63. The quantitative estimate of drug-likeness (QED) is 0.732. The molecule has 0 spiro atoms. The Morgan fingerprint density at radius 2 is 2.58 bits per heavy atom. The van der Waals surface area contributed by atoms with Crippen molar-refractivity contribution in [3.63, 3.8) is 0 Å². The van der Waals surface area contributed by atoms with E-state index in [0.29, 0.717) is 5.19 Å². The lowest BCUT2D eigenvalue weighted by molar-refractivity contribution is 0.222. The lowest BCUT2D eigenvalue weighted by Gasteiger charge is -2.07. The predicted octanol–water partition coefficient (Wildman–Crippen LogP) is 0.587. The summed E-state index contributed by atoms with van der Waals surface area (Å²) < 4.78 is 9.62. The second kappa shape index (κ2) is 3.37. The number of ether oxygens (including phenoxy) is 1. The van der Waals surface area contributed by atoms with E-state index in [-0.39, 0.29) is 6.10 Å². The topological polar surface area (TPSA) is 47.0 Å². The predicted molar refractivity (Wildman–Crippen MR) is 46.5 cm³/mol. The number of aryl methyl sites for hydroxylation is 1. The number of rotatable bonds is 2. The highest BCUT2D eigenvalue weighted by molar-refractivity contribution is 7.07. The molecule has 12 heavy (non-hydrogen) atoms. The minimum absolute atomic E-state index is 0.289. The molecule has 1 aliphatic rings. The maximum Gasteiger partial charge on any atom is 0.293 e. The molecule has 1 N–H and O–H groups in total. The molecule has 1 aliphatic heterocycles. The van der Waals surface area contributed by atoms with Crippen LogP contribution in [0.25, 0.3) is 0 Å². The van der Waals surface area contributed by atoms with Crippen molar-refractivity contribution in [2.45, 2.75) is 19.4 Å². The summed E-state index contributed by atoms with van der Waals surface area (Å²) >= 11 is 1.33. The van der Waals surface area contributed by atoms with Crippen LogP contribution in [0.3, 0.4) is 0 Å². The van der Waals surface area contributed by atoms with Gasteiger partial charge in [-0.2, -0.15) is 9.36 Å². The molecular weight excluding hydrogens is 174 g/mol. The molecule has 1 unspecified atom stereocenters. The van der Waals surface area contributed by atoms with Gasteiger partial charge in [0, 0.05) is 18.1 Å². The molecule has 0 aromatic carbocycles. The first-order valence-electron chi connectivity index (χ1n) is 4.02. The molecule has 4 nitrogen and oxygen atoms in total. The van der Waals surface area contributed by atoms with Crippen LogP contribution in [0.5, 0.6) is 5.19 Å². The third kappa shape index (κ3) is 1.73. The molecule has 2 rings (SSSR count). The molecule has 2 heterocycles. The molecule has 1 aromatic heterocycles. The third-order valence-corrected chi connectivity index (χ3v) is 2.49. The zero-order chi connectivity index (χ0) is 8.39. The van der Waals surface area contributed by atoms with Gasteiger partial charge in [-0.05, 0) is 19.9 Å². The normalized spacial score (nSPS) is 22.9. The molecule has 66 valence electrons. The summed E-state index contributed by atoms with van der Waals surface area (Å²) in [4.78, 5) is 4.13. The molecule has 5 heteroatoms. The fraction of sp³-hybridized carbons (Fsp3) is 0.714. The number of hydrogen-bond donors (Lipinski definition) is 1. The van der Waals surface area contributed by atoms with Gasteiger partial charge < -0.3 is 10.1 Å². The molecule has 0 radical (unpaired) electrons. The average molecular weight is 185 g/mol. The van der Waals surface area contributed by atoms with Crippen LogP contribution in [0.1, 0.15) is 12.2 Å². The summed E-state index contributed by atoms with van der Waals surface area (Å²) in [6, 6.07) is 0. The Bertz CT molecular complexity index is 257. The molecule has 1 fully saturated rings. The van der Waals surface area contributed by atoms with Crippen molar-refractivity contribution in [2.24, 2.45) is 0 Å². The first-order chi connectivity index (χ1) is 5.84. The van der Waals surface area contributed by atoms with E-state index in [1.807, 2.05) is 6.92 Å². The molecule has 1 atom stereocenters. The summed E-state index contributed by atoms with van der Waals surface area (Å²) in [5, 5.41) is 3.93. The van der Waals surface area contributed by atoms with Gasteiger partial charge in [-0.3, -0.25) is 0 Å². The Morgan fingerprint density at radius 3 is 3.17 bits per heavy atom. The molecule has 0 bridgehead atoms. The molecule has 0 amide bonds. The van der Waals surface area contributed by atoms with E-state index >= 15 is 0 Å². The van der Waals surface area contributed by atoms with Crippen LogP contribution >= 0.6 is 11.5 Å². The van der Waals surface area contributed by atoms with Gasteiger partial charge in [0.05, 0.1) is 0 Å². The minimum atomic E-state index is 0.289. The van der Waals surface area contributed by atoms with Crippen LogP contribution in [-0.4, -0.2) is 28.6 Å². The van der Waals surface area contributed by atoms with Crippen LogP contribution in [0, 0.1) is 6.92 Å². The van der Waals surface area contributed by atoms with E-state index in [0.717, 1.165) is 25.3 Å². The highest BCUT2D eigenvalue weighted by Gasteiger charge is 2.17. The van der Waals surface area contributed by atoms with E-state index in [1.54, 1.807) is 0 Å². The Morgan fingerprint density at radius 1 is 1.67 bits per heavy atom. The fourth-order valence-corrected chi connectivity index (χ4v) is 1.80. The second-order valence-corrected chi connectivity index (χ2v) is 3.55. The lowest BCUT2D eigenvalue weighted by Crippen LogP contribution is -2.19. The minimum Gasteiger partial charge on any atom is -0.464 e. The zero-order valence-corrected chi connectivity index (χ0v) is 7.73. The third-order valence-electron chi connectivity index (χ3n) is 1.79. The van der Waals surface area contributed by atoms with Crippen molar-refractivity contribution in [1.29, 1.82) is 0 Å². The summed E-state index contributed by atoms with van der Waals surface area (Å²) in [6.07, 6.45) is 1.36. The number of nitrogens with one attached hydrogen (secondary N) is 1. The van der Waals surface area contributed by atoms with Crippen LogP contribution in [-0.2, 0) is 0 Å². The van der Waals surface area contributed by atoms with Crippen LogP contribution < -0.4 is 10.1 Å². The van der Waals surface area contributed by atoms with Gasteiger partial charge >= 0.3 is 0 Å². The van der Waals surface area contributed by atoms with Gasteiger partial charge in [0.25, 0.3) is 5.19 Å². The first kappa shape index (κ1) is 7.94. The SMILES string of the molecule is Cc1nsc(OC2CCNC2)n1. The Hall–Kier alpha value is -0.680. The monoisotopic (exact) mass is 185 g/mol. The van der Waals surface area contributed by atoms with Crippen LogP contribution in [0.4, 0.5) is 0 Å². The maximum atomic E-state index is 5.58. The molecule has 1 aromatic rings. The summed E-state index contributed by atoms with van der Waals surface area (Å²) in [6.45, 7) is 3.84. The Kier molecular flexibility index (Phi) is 2.23. The highest BCUT2D eigenvalue weighted by atomic mass is 32.1. The van der Waals surface area contributed by atoms with E-state index in [2.05, 4.69) is 14.7 Å². The molecule has 0 aliphatic carbocycles. The van der Waals surface area contributed by atoms with Gasteiger partial charge in [-0.15, -0.1) is 0 Å². The van der Waals surface area contributed by atoms with Crippen molar-refractivity contribution in [3.05, 3.63) is 5.82 Å². The number of hydrogen-bond acceptors (Lipinski definition) is 5. The second-order valence-electron chi connectivity index (χ2n) is 2.84. The van der Waals surface area contributed by atoms with Gasteiger partial charge in [0.2, 0.25) is 0 Å². The van der Waals surface area contributed by atoms with E-state index in [1.165, 1.54) is 11.5 Å². The summed E-state index contributed by atoms with van der Waals surface area (Å²) in [5.41, 5.74) is 0. The van der Waals surface area contributed by atoms with Gasteiger partial charge in [-0.1, -0.05) is 0 Å². The van der Waals surface area contributed by atoms with Crippen LogP contribution in [0.2, 0.25) is 0 Å². The fourth-order valence-electron chi connectivity index (χ4n) is 1.20. The molecular formula is C7H11N3OS. The van der Waals surface area contributed by atoms with Crippen molar-refractivity contribution in [1.82, 2.24) is 14.7 Å². The van der Waals surface area contributed by atoms with E-state index in [9.17, 15) is 0 Å². The standard InChI is InChI=1S/C7H11N3OS/c1-5-9-7(12-10-5)11-6-2-3-8-4-6/h6,8H,2-4H2,1H3. The van der Waals surface area contributed by atoms with E-state index in [4.69, 9.17) is 4.74 Å². The number of nitrogens with zero attached hydrogens (tertiary/aromatic N) is 2. The Balaban J connectivity index is 1.94. The highest BCUT2D eigenvalue weighted by Crippen LogP contribution is 2.16. The van der Waals surface area contributed by atoms with Gasteiger partial charge in [0.1, 0.15) is 11.9 Å². The first-order valence-corrected chi connectivity index (χ1v) is 4.79. The largest absolute Gasteiger partial charge is 0.464 e.